The van der Waals surface area contributed by atoms with Gasteiger partial charge in [-0.15, -0.1) is 11.3 Å². The van der Waals surface area contributed by atoms with Crippen LogP contribution in [0.25, 0.3) is 10.2 Å². The molecule has 1 aliphatic heterocycles. The van der Waals surface area contributed by atoms with Gasteiger partial charge in [-0.25, -0.2) is 9.78 Å². The minimum atomic E-state index is -0.555. The van der Waals surface area contributed by atoms with Gasteiger partial charge < -0.3 is 4.90 Å². The largest absolute Gasteiger partial charge is 0.347 e. The van der Waals surface area contributed by atoms with Gasteiger partial charge in [0.25, 0.3) is 5.56 Å². The van der Waals surface area contributed by atoms with Crippen molar-refractivity contribution in [3.05, 3.63) is 55.7 Å². The molecule has 0 unspecified atom stereocenters. The van der Waals surface area contributed by atoms with E-state index in [0.717, 1.165) is 32.6 Å². The van der Waals surface area contributed by atoms with Crippen molar-refractivity contribution in [2.45, 2.75) is 18.9 Å². The Morgan fingerprint density at radius 2 is 2.00 bits per heavy atom. The molecule has 0 radical (unpaired) electrons. The number of hydrogen-bond donors (Lipinski definition) is 0. The van der Waals surface area contributed by atoms with Crippen molar-refractivity contribution in [1.29, 1.82) is 5.26 Å². The summed E-state index contributed by atoms with van der Waals surface area (Å²) in [6, 6.07) is 9.90. The van der Waals surface area contributed by atoms with Crippen molar-refractivity contribution >= 4 is 27.4 Å². The molecule has 0 N–H and O–H groups in total. The summed E-state index contributed by atoms with van der Waals surface area (Å²) in [5.74, 6) is 0.391. The molecule has 8 heteroatoms. The summed E-state index contributed by atoms with van der Waals surface area (Å²) < 4.78 is 3.48. The highest BCUT2D eigenvalue weighted by molar-refractivity contribution is 7.18. The smallest absolute Gasteiger partial charge is 0.332 e. The number of fused-ring (bicyclic) bond motifs is 1. The monoisotopic (exact) mass is 367 g/mol. The average Bonchev–Trinajstić information content (AvgIpc) is 3.28. The average molecular weight is 367 g/mol. The van der Waals surface area contributed by atoms with Gasteiger partial charge in [0, 0.05) is 20.6 Å². The van der Waals surface area contributed by atoms with E-state index in [2.05, 4.69) is 0 Å². The number of aromatic nitrogens is 3. The van der Waals surface area contributed by atoms with E-state index in [1.807, 2.05) is 35.2 Å². The van der Waals surface area contributed by atoms with Crippen molar-refractivity contribution in [1.82, 2.24) is 14.1 Å². The fourth-order valence-corrected chi connectivity index (χ4v) is 4.69. The molecule has 4 rings (SSSR count). The molecule has 1 aliphatic rings. The number of rotatable bonds is 2. The second-order valence-corrected chi connectivity index (χ2v) is 7.45. The highest BCUT2D eigenvalue weighted by atomic mass is 32.1. The van der Waals surface area contributed by atoms with E-state index in [9.17, 15) is 14.9 Å². The van der Waals surface area contributed by atoms with Gasteiger partial charge in [0.2, 0.25) is 0 Å². The zero-order valence-corrected chi connectivity index (χ0v) is 15.3. The number of anilines is 1. The van der Waals surface area contributed by atoms with Crippen LogP contribution in [0.2, 0.25) is 0 Å². The summed E-state index contributed by atoms with van der Waals surface area (Å²) in [5.41, 5.74) is -0.0418. The first-order valence-electron chi connectivity index (χ1n) is 8.35. The standard InChI is InChI=1S/C18H17N5O2S/c1-21-16(11(10-19)17(24)22(2)18(21)25)23-9-5-7-13(23)15-20-12-6-3-4-8-14(12)26-15/h3-4,6,8,13H,5,7,9H2,1-2H3/t13-/m1/s1. The Kier molecular flexibility index (Phi) is 3.89. The predicted molar refractivity (Wildman–Crippen MR) is 101 cm³/mol. The summed E-state index contributed by atoms with van der Waals surface area (Å²) in [5, 5.41) is 10.5. The molecule has 0 bridgehead atoms. The van der Waals surface area contributed by atoms with Crippen molar-refractivity contribution in [2.75, 3.05) is 11.4 Å². The maximum Gasteiger partial charge on any atom is 0.332 e. The molecular weight excluding hydrogens is 350 g/mol. The Morgan fingerprint density at radius 1 is 1.23 bits per heavy atom. The number of para-hydroxylation sites is 1. The van der Waals surface area contributed by atoms with E-state index in [4.69, 9.17) is 4.98 Å². The molecule has 1 fully saturated rings. The zero-order chi connectivity index (χ0) is 18.4. The fraction of sp³-hybridized carbons (Fsp3) is 0.333. The van der Waals surface area contributed by atoms with Crippen LogP contribution in [0.3, 0.4) is 0 Å². The summed E-state index contributed by atoms with van der Waals surface area (Å²) in [7, 11) is 3.00. The van der Waals surface area contributed by atoms with E-state index >= 15 is 0 Å². The number of nitriles is 1. The van der Waals surface area contributed by atoms with Gasteiger partial charge in [0.05, 0.1) is 16.3 Å². The van der Waals surface area contributed by atoms with Crippen LogP contribution in [-0.4, -0.2) is 20.7 Å². The highest BCUT2D eigenvalue weighted by Gasteiger charge is 2.33. The van der Waals surface area contributed by atoms with Gasteiger partial charge in [-0.1, -0.05) is 12.1 Å². The van der Waals surface area contributed by atoms with Crippen LogP contribution in [-0.2, 0) is 14.1 Å². The third kappa shape index (κ3) is 2.35. The van der Waals surface area contributed by atoms with Crippen LogP contribution in [0.5, 0.6) is 0 Å². The van der Waals surface area contributed by atoms with E-state index in [-0.39, 0.29) is 11.6 Å². The van der Waals surface area contributed by atoms with Crippen LogP contribution >= 0.6 is 11.3 Å². The lowest BCUT2D eigenvalue weighted by atomic mass is 10.2. The Labute approximate surface area is 153 Å². The van der Waals surface area contributed by atoms with Gasteiger partial charge in [0.15, 0.2) is 5.56 Å². The number of benzene rings is 1. The fourth-order valence-electron chi connectivity index (χ4n) is 3.58. The van der Waals surface area contributed by atoms with Gasteiger partial charge in [-0.3, -0.25) is 13.9 Å². The van der Waals surface area contributed by atoms with Crippen molar-refractivity contribution in [3.8, 4) is 6.07 Å². The molecule has 1 saturated heterocycles. The van der Waals surface area contributed by atoms with Crippen molar-refractivity contribution in [2.24, 2.45) is 14.1 Å². The second-order valence-electron chi connectivity index (χ2n) is 6.39. The minimum absolute atomic E-state index is 0.00242. The Balaban J connectivity index is 1.89. The maximum atomic E-state index is 12.4. The molecule has 7 nitrogen and oxygen atoms in total. The highest BCUT2D eigenvalue weighted by Crippen LogP contribution is 2.39. The van der Waals surface area contributed by atoms with Crippen LogP contribution in [0, 0.1) is 11.3 Å². The third-order valence-corrected chi connectivity index (χ3v) is 6.00. The Hall–Kier alpha value is -2.92. The van der Waals surface area contributed by atoms with E-state index < -0.39 is 11.2 Å². The lowest BCUT2D eigenvalue weighted by Gasteiger charge is -2.27. The first-order chi connectivity index (χ1) is 12.5. The molecule has 1 aromatic carbocycles. The molecule has 0 spiro atoms. The summed E-state index contributed by atoms with van der Waals surface area (Å²) in [6.07, 6.45) is 1.78. The van der Waals surface area contributed by atoms with Crippen LogP contribution < -0.4 is 16.1 Å². The van der Waals surface area contributed by atoms with Crippen LogP contribution in [0.4, 0.5) is 5.82 Å². The van der Waals surface area contributed by atoms with Crippen molar-refractivity contribution in [3.63, 3.8) is 0 Å². The van der Waals surface area contributed by atoms with Crippen LogP contribution in [0.15, 0.2) is 33.9 Å². The lowest BCUT2D eigenvalue weighted by Crippen LogP contribution is -2.42. The summed E-state index contributed by atoms with van der Waals surface area (Å²) in [4.78, 5) is 31.5. The molecule has 0 aliphatic carbocycles. The quantitative estimate of drug-likeness (QED) is 0.691. The van der Waals surface area contributed by atoms with E-state index in [1.165, 1.54) is 11.6 Å². The van der Waals surface area contributed by atoms with Gasteiger partial charge >= 0.3 is 5.69 Å². The molecule has 1 atom stereocenters. The number of nitrogens with zero attached hydrogens (tertiary/aromatic N) is 5. The first-order valence-corrected chi connectivity index (χ1v) is 9.16. The number of thiazole rings is 1. The molecule has 2 aromatic heterocycles. The van der Waals surface area contributed by atoms with E-state index in [0.29, 0.717) is 12.4 Å². The molecule has 132 valence electrons. The number of hydrogen-bond acceptors (Lipinski definition) is 6. The molecule has 0 saturated carbocycles. The van der Waals surface area contributed by atoms with Gasteiger partial charge in [-0.2, -0.15) is 5.26 Å². The molecule has 3 heterocycles. The minimum Gasteiger partial charge on any atom is -0.347 e. The van der Waals surface area contributed by atoms with E-state index in [1.54, 1.807) is 18.4 Å². The third-order valence-electron chi connectivity index (χ3n) is 4.87. The summed E-state index contributed by atoms with van der Waals surface area (Å²) >= 11 is 1.62. The molecule has 3 aromatic rings. The predicted octanol–water partition coefficient (Wildman–Crippen LogP) is 1.91. The maximum absolute atomic E-state index is 12.4. The molecule has 0 amide bonds. The lowest BCUT2D eigenvalue weighted by molar-refractivity contribution is 0.637. The Morgan fingerprint density at radius 3 is 2.73 bits per heavy atom. The summed E-state index contributed by atoms with van der Waals surface area (Å²) in [6.45, 7) is 0.676. The first kappa shape index (κ1) is 16.5. The SMILES string of the molecule is Cn1c(N2CCC[C@@H]2c2nc3ccccc3s2)c(C#N)c(=O)n(C)c1=O. The molecular formula is C18H17N5O2S. The normalized spacial score (nSPS) is 17.0. The van der Waals surface area contributed by atoms with Gasteiger partial charge in [0.1, 0.15) is 16.9 Å². The molecule has 26 heavy (non-hydrogen) atoms. The van der Waals surface area contributed by atoms with Crippen LogP contribution in [0.1, 0.15) is 29.5 Å². The van der Waals surface area contributed by atoms with Gasteiger partial charge in [-0.05, 0) is 25.0 Å². The van der Waals surface area contributed by atoms with Crippen molar-refractivity contribution < 1.29 is 0 Å². The zero-order valence-electron chi connectivity index (χ0n) is 14.5. The Bertz CT molecular complexity index is 1130. The second kappa shape index (κ2) is 6.11. The topological polar surface area (TPSA) is 83.9 Å².